The smallest absolute Gasteiger partial charge is 0.261 e. The molecule has 2 aromatic carbocycles. The Kier molecular flexibility index (Phi) is 4.55. The van der Waals surface area contributed by atoms with E-state index in [1.54, 1.807) is 24.3 Å². The van der Waals surface area contributed by atoms with Crippen LogP contribution in [0, 0.1) is 0 Å². The minimum atomic E-state index is -3.79. The zero-order chi connectivity index (χ0) is 14.8. The van der Waals surface area contributed by atoms with Crippen molar-refractivity contribution in [3.05, 3.63) is 58.1 Å². The van der Waals surface area contributed by atoms with Crippen LogP contribution in [0.5, 0.6) is 0 Å². The monoisotopic (exact) mass is 331 g/mol. The Morgan fingerprint density at radius 1 is 1.10 bits per heavy atom. The number of aliphatic hydroxyl groups is 1. The van der Waals surface area contributed by atoms with Gasteiger partial charge >= 0.3 is 0 Å². The average Bonchev–Trinajstić information content (AvgIpc) is 2.44. The highest BCUT2D eigenvalue weighted by atomic mass is 35.5. The second kappa shape index (κ2) is 6.01. The molecule has 0 saturated carbocycles. The van der Waals surface area contributed by atoms with Crippen LogP contribution >= 0.6 is 23.2 Å². The Morgan fingerprint density at radius 3 is 2.50 bits per heavy atom. The maximum Gasteiger partial charge on any atom is 0.261 e. The second-order valence-corrected chi connectivity index (χ2v) is 6.48. The van der Waals surface area contributed by atoms with Gasteiger partial charge < -0.3 is 5.11 Å². The van der Waals surface area contributed by atoms with Crippen LogP contribution in [0.4, 0.5) is 5.69 Å². The molecule has 0 bridgehead atoms. The summed E-state index contributed by atoms with van der Waals surface area (Å²) in [6, 6.07) is 10.7. The number of hydrogen-bond acceptors (Lipinski definition) is 3. The molecule has 0 amide bonds. The van der Waals surface area contributed by atoms with Crippen molar-refractivity contribution in [3.63, 3.8) is 0 Å². The largest absolute Gasteiger partial charge is 0.392 e. The Bertz CT molecular complexity index is 732. The van der Waals surface area contributed by atoms with Crippen molar-refractivity contribution < 1.29 is 13.5 Å². The van der Waals surface area contributed by atoms with Crippen LogP contribution in [0.25, 0.3) is 0 Å². The Labute approximate surface area is 127 Å². The molecule has 0 fully saturated rings. The lowest BCUT2D eigenvalue weighted by Crippen LogP contribution is -2.13. The van der Waals surface area contributed by atoms with E-state index in [0.29, 0.717) is 5.56 Å². The van der Waals surface area contributed by atoms with Crippen molar-refractivity contribution in [3.8, 4) is 0 Å². The van der Waals surface area contributed by atoms with E-state index in [1.165, 1.54) is 18.2 Å². The third-order valence-corrected chi connectivity index (χ3v) is 4.77. The first kappa shape index (κ1) is 15.1. The number of benzene rings is 2. The summed E-state index contributed by atoms with van der Waals surface area (Å²) in [7, 11) is -3.79. The molecule has 2 rings (SSSR count). The number of sulfonamides is 1. The first-order valence-electron chi connectivity index (χ1n) is 5.60. The maximum absolute atomic E-state index is 12.2. The van der Waals surface area contributed by atoms with E-state index in [-0.39, 0.29) is 27.2 Å². The summed E-state index contributed by atoms with van der Waals surface area (Å²) in [5.74, 6) is 0. The molecule has 106 valence electrons. The summed E-state index contributed by atoms with van der Waals surface area (Å²) >= 11 is 11.8. The summed E-state index contributed by atoms with van der Waals surface area (Å²) in [4.78, 5) is 0.0418. The molecule has 0 heterocycles. The molecule has 0 atom stereocenters. The second-order valence-electron chi connectivity index (χ2n) is 4.01. The highest BCUT2D eigenvalue weighted by Gasteiger charge is 2.16. The Morgan fingerprint density at radius 2 is 1.80 bits per heavy atom. The standard InChI is InChI=1S/C13H11Cl2NO3S/c14-11-5-2-6-12(13(11)15)16-20(18,19)10-4-1-3-9(7-10)8-17/h1-7,16-17H,8H2. The third-order valence-electron chi connectivity index (χ3n) is 2.59. The first-order valence-corrected chi connectivity index (χ1v) is 7.84. The van der Waals surface area contributed by atoms with E-state index in [1.807, 2.05) is 0 Å². The predicted molar refractivity (Wildman–Crippen MR) is 79.6 cm³/mol. The number of hydrogen-bond donors (Lipinski definition) is 2. The van der Waals surface area contributed by atoms with Gasteiger partial charge in [-0.25, -0.2) is 8.42 Å². The van der Waals surface area contributed by atoms with Crippen molar-refractivity contribution in [1.82, 2.24) is 0 Å². The number of anilines is 1. The van der Waals surface area contributed by atoms with Gasteiger partial charge in [-0.2, -0.15) is 0 Å². The number of rotatable bonds is 4. The first-order chi connectivity index (χ1) is 9.44. The fourth-order valence-corrected chi connectivity index (χ4v) is 3.14. The molecule has 0 aliphatic heterocycles. The fourth-order valence-electron chi connectivity index (χ4n) is 1.60. The van der Waals surface area contributed by atoms with Crippen LogP contribution in [-0.2, 0) is 16.6 Å². The van der Waals surface area contributed by atoms with Gasteiger partial charge in [-0.3, -0.25) is 4.72 Å². The molecule has 20 heavy (non-hydrogen) atoms. The Balaban J connectivity index is 2.38. The highest BCUT2D eigenvalue weighted by Crippen LogP contribution is 2.31. The number of aliphatic hydroxyl groups excluding tert-OH is 1. The van der Waals surface area contributed by atoms with Crippen molar-refractivity contribution in [2.24, 2.45) is 0 Å². The van der Waals surface area contributed by atoms with Gasteiger partial charge in [0.25, 0.3) is 10.0 Å². The lowest BCUT2D eigenvalue weighted by Gasteiger charge is -2.11. The van der Waals surface area contributed by atoms with Gasteiger partial charge in [-0.05, 0) is 29.8 Å². The van der Waals surface area contributed by atoms with Crippen molar-refractivity contribution in [1.29, 1.82) is 0 Å². The SMILES string of the molecule is O=S(=O)(Nc1cccc(Cl)c1Cl)c1cccc(CO)c1. The minimum Gasteiger partial charge on any atom is -0.392 e. The third kappa shape index (κ3) is 3.24. The van der Waals surface area contributed by atoms with Crippen molar-refractivity contribution in [2.75, 3.05) is 4.72 Å². The normalized spacial score (nSPS) is 11.3. The van der Waals surface area contributed by atoms with E-state index in [2.05, 4.69) is 4.72 Å². The number of halogens is 2. The molecule has 2 N–H and O–H groups in total. The summed E-state index contributed by atoms with van der Waals surface area (Å²) in [5.41, 5.74) is 0.707. The van der Waals surface area contributed by atoms with Gasteiger partial charge in [0.1, 0.15) is 0 Å². The van der Waals surface area contributed by atoms with E-state index < -0.39 is 10.0 Å². The van der Waals surface area contributed by atoms with E-state index in [0.717, 1.165) is 0 Å². The van der Waals surface area contributed by atoms with E-state index in [4.69, 9.17) is 28.3 Å². The summed E-state index contributed by atoms with van der Waals surface area (Å²) < 4.78 is 26.8. The average molecular weight is 332 g/mol. The predicted octanol–water partition coefficient (Wildman–Crippen LogP) is 3.29. The molecule has 0 aromatic heterocycles. The zero-order valence-corrected chi connectivity index (χ0v) is 12.5. The van der Waals surface area contributed by atoms with Gasteiger partial charge in [0.2, 0.25) is 0 Å². The molecular formula is C13H11Cl2NO3S. The van der Waals surface area contributed by atoms with Crippen LogP contribution in [0.1, 0.15) is 5.56 Å². The minimum absolute atomic E-state index is 0.0418. The molecule has 0 unspecified atom stereocenters. The fraction of sp³-hybridized carbons (Fsp3) is 0.0769. The van der Waals surface area contributed by atoms with Gasteiger partial charge in [0.15, 0.2) is 0 Å². The van der Waals surface area contributed by atoms with Crippen LogP contribution in [-0.4, -0.2) is 13.5 Å². The molecule has 0 aliphatic rings. The van der Waals surface area contributed by atoms with E-state index in [9.17, 15) is 8.42 Å². The lowest BCUT2D eigenvalue weighted by molar-refractivity contribution is 0.281. The summed E-state index contributed by atoms with van der Waals surface area (Å²) in [5, 5.41) is 9.44. The molecule has 2 aromatic rings. The van der Waals surface area contributed by atoms with Crippen LogP contribution < -0.4 is 4.72 Å². The topological polar surface area (TPSA) is 66.4 Å². The molecule has 0 radical (unpaired) electrons. The zero-order valence-electron chi connectivity index (χ0n) is 10.2. The van der Waals surface area contributed by atoms with E-state index >= 15 is 0 Å². The lowest BCUT2D eigenvalue weighted by atomic mass is 10.2. The molecule has 0 aliphatic carbocycles. The van der Waals surface area contributed by atoms with Crippen molar-refractivity contribution >= 4 is 38.9 Å². The molecular weight excluding hydrogens is 321 g/mol. The van der Waals surface area contributed by atoms with Crippen LogP contribution in [0.3, 0.4) is 0 Å². The molecule has 4 nitrogen and oxygen atoms in total. The van der Waals surface area contributed by atoms with Gasteiger partial charge in [0, 0.05) is 0 Å². The molecule has 0 saturated heterocycles. The van der Waals surface area contributed by atoms with Gasteiger partial charge in [-0.15, -0.1) is 0 Å². The number of nitrogens with one attached hydrogen (secondary N) is 1. The van der Waals surface area contributed by atoms with Gasteiger partial charge in [0.05, 0.1) is 27.2 Å². The summed E-state index contributed by atoms with van der Waals surface area (Å²) in [6.45, 7) is -0.235. The summed E-state index contributed by atoms with van der Waals surface area (Å²) in [6.07, 6.45) is 0. The highest BCUT2D eigenvalue weighted by molar-refractivity contribution is 7.92. The quantitative estimate of drug-likeness (QED) is 0.903. The van der Waals surface area contributed by atoms with Crippen LogP contribution in [0.2, 0.25) is 10.0 Å². The van der Waals surface area contributed by atoms with Crippen LogP contribution in [0.15, 0.2) is 47.4 Å². The van der Waals surface area contributed by atoms with Gasteiger partial charge in [-0.1, -0.05) is 41.4 Å². The van der Waals surface area contributed by atoms with Crippen molar-refractivity contribution in [2.45, 2.75) is 11.5 Å². The molecule has 7 heteroatoms. The maximum atomic E-state index is 12.2. The Hall–Kier alpha value is -1.27. The molecule has 0 spiro atoms.